The Balaban J connectivity index is 2.48. The van der Waals surface area contributed by atoms with Crippen LogP contribution >= 0.6 is 31.9 Å². The summed E-state index contributed by atoms with van der Waals surface area (Å²) in [5.74, 6) is -2.49. The van der Waals surface area contributed by atoms with Gasteiger partial charge in [0.05, 0.1) is 43.0 Å². The number of nitrogens with zero attached hydrogens (tertiary/aromatic N) is 2. The largest absolute Gasteiger partial charge is 0.466 e. The van der Waals surface area contributed by atoms with E-state index in [9.17, 15) is 14.9 Å². The molecule has 1 atom stereocenters. The third-order valence-corrected chi connectivity index (χ3v) is 6.20. The van der Waals surface area contributed by atoms with E-state index >= 15 is 0 Å². The highest BCUT2D eigenvalue weighted by Gasteiger charge is 2.43. The number of hydrogen-bond acceptors (Lipinski definition) is 7. The van der Waals surface area contributed by atoms with E-state index in [-0.39, 0.29) is 22.7 Å². The Labute approximate surface area is 202 Å². The number of hydrogen-bond donors (Lipinski definition) is 1. The van der Waals surface area contributed by atoms with Gasteiger partial charge in [-0.2, -0.15) is 5.26 Å². The number of rotatable bonds is 4. The average Bonchev–Trinajstić information content (AvgIpc) is 2.78. The van der Waals surface area contributed by atoms with Crippen LogP contribution in [0.3, 0.4) is 0 Å². The number of halogens is 2. The van der Waals surface area contributed by atoms with Crippen molar-refractivity contribution >= 4 is 49.5 Å². The van der Waals surface area contributed by atoms with Crippen LogP contribution in [-0.4, -0.2) is 26.2 Å². The Bertz CT molecular complexity index is 1180. The minimum absolute atomic E-state index is 0.000316. The van der Waals surface area contributed by atoms with E-state index in [4.69, 9.17) is 15.2 Å². The van der Waals surface area contributed by atoms with Crippen molar-refractivity contribution in [3.8, 4) is 6.07 Å². The van der Waals surface area contributed by atoms with Gasteiger partial charge in [0.15, 0.2) is 0 Å². The summed E-state index contributed by atoms with van der Waals surface area (Å²) in [6.07, 6.45) is 0. The zero-order chi connectivity index (χ0) is 23.6. The summed E-state index contributed by atoms with van der Waals surface area (Å²) in [7, 11) is 2.42. The van der Waals surface area contributed by atoms with Crippen LogP contribution in [0.4, 0.5) is 5.69 Å². The molecule has 2 aromatic carbocycles. The first-order chi connectivity index (χ1) is 15.3. The van der Waals surface area contributed by atoms with Gasteiger partial charge in [-0.15, -0.1) is 0 Å². The lowest BCUT2D eigenvalue weighted by Crippen LogP contribution is -2.41. The molecule has 0 radical (unpaired) electrons. The molecule has 9 heteroatoms. The van der Waals surface area contributed by atoms with Crippen molar-refractivity contribution in [2.24, 2.45) is 5.73 Å². The van der Waals surface area contributed by atoms with Gasteiger partial charge in [-0.25, -0.2) is 9.59 Å². The van der Waals surface area contributed by atoms with Crippen molar-refractivity contribution in [2.75, 3.05) is 19.1 Å². The van der Waals surface area contributed by atoms with Crippen molar-refractivity contribution in [1.82, 2.24) is 0 Å². The van der Waals surface area contributed by atoms with Gasteiger partial charge < -0.3 is 15.2 Å². The number of nitriles is 1. The van der Waals surface area contributed by atoms with Crippen LogP contribution in [-0.2, 0) is 19.1 Å². The SMILES string of the molecule is COC(=O)C1=C(C(=O)OC)N(c2c(Br)cc(C)cc2Br)C(N)=C(C#N)C1c1ccccc1. The van der Waals surface area contributed by atoms with Gasteiger partial charge in [0.1, 0.15) is 11.5 Å². The molecule has 2 aromatic rings. The monoisotopic (exact) mass is 559 g/mol. The molecule has 7 nitrogen and oxygen atoms in total. The van der Waals surface area contributed by atoms with E-state index in [0.717, 1.165) is 5.56 Å². The number of methoxy groups -OCH3 is 2. The summed E-state index contributed by atoms with van der Waals surface area (Å²) in [5, 5.41) is 10.1. The van der Waals surface area contributed by atoms with Crippen molar-refractivity contribution < 1.29 is 19.1 Å². The predicted molar refractivity (Wildman–Crippen MR) is 126 cm³/mol. The molecule has 0 aliphatic carbocycles. The second kappa shape index (κ2) is 9.59. The first-order valence-corrected chi connectivity index (χ1v) is 11.0. The molecule has 0 bridgehead atoms. The Morgan fingerprint density at radius 2 is 1.62 bits per heavy atom. The number of carbonyl (C=O) groups is 2. The number of anilines is 1. The van der Waals surface area contributed by atoms with Crippen LogP contribution in [0.2, 0.25) is 0 Å². The van der Waals surface area contributed by atoms with E-state index in [2.05, 4.69) is 37.9 Å². The van der Waals surface area contributed by atoms with Gasteiger partial charge in [0.25, 0.3) is 0 Å². The number of carbonyl (C=O) groups excluding carboxylic acids is 2. The fraction of sp³-hybridized carbons (Fsp3) is 0.174. The first kappa shape index (κ1) is 23.6. The Hall–Kier alpha value is -3.09. The summed E-state index contributed by atoms with van der Waals surface area (Å²) < 4.78 is 11.2. The maximum Gasteiger partial charge on any atom is 0.355 e. The number of aryl methyl sites for hydroxylation is 1. The fourth-order valence-electron chi connectivity index (χ4n) is 3.65. The molecule has 1 unspecified atom stereocenters. The molecule has 0 fully saturated rings. The molecule has 0 saturated carbocycles. The highest BCUT2D eigenvalue weighted by Crippen LogP contribution is 2.46. The topological polar surface area (TPSA) is 106 Å². The van der Waals surface area contributed by atoms with Gasteiger partial charge in [0.2, 0.25) is 0 Å². The summed E-state index contributed by atoms with van der Waals surface area (Å²) in [6, 6.07) is 14.6. The fourth-order valence-corrected chi connectivity index (χ4v) is 5.42. The minimum Gasteiger partial charge on any atom is -0.466 e. The Morgan fingerprint density at radius 3 is 2.12 bits per heavy atom. The van der Waals surface area contributed by atoms with E-state index in [1.165, 1.54) is 19.1 Å². The highest BCUT2D eigenvalue weighted by atomic mass is 79.9. The summed E-state index contributed by atoms with van der Waals surface area (Å²) in [6.45, 7) is 1.90. The molecule has 1 aliphatic heterocycles. The minimum atomic E-state index is -0.915. The second-order valence-corrected chi connectivity index (χ2v) is 8.62. The highest BCUT2D eigenvalue weighted by molar-refractivity contribution is 9.11. The van der Waals surface area contributed by atoms with Crippen LogP contribution in [0.5, 0.6) is 0 Å². The second-order valence-electron chi connectivity index (χ2n) is 6.91. The quantitative estimate of drug-likeness (QED) is 0.552. The molecule has 0 aromatic heterocycles. The maximum absolute atomic E-state index is 13.1. The van der Waals surface area contributed by atoms with Gasteiger partial charge in [-0.1, -0.05) is 30.3 Å². The Kier molecular flexibility index (Phi) is 7.06. The van der Waals surface area contributed by atoms with Gasteiger partial charge >= 0.3 is 11.9 Å². The van der Waals surface area contributed by atoms with Crippen molar-refractivity contribution in [2.45, 2.75) is 12.8 Å². The molecule has 0 saturated heterocycles. The van der Waals surface area contributed by atoms with Crippen LogP contribution < -0.4 is 10.6 Å². The lowest BCUT2D eigenvalue weighted by atomic mass is 9.81. The van der Waals surface area contributed by atoms with E-state index in [0.29, 0.717) is 20.2 Å². The molecule has 2 N–H and O–H groups in total. The maximum atomic E-state index is 13.1. The first-order valence-electron chi connectivity index (χ1n) is 9.38. The summed E-state index contributed by atoms with van der Waals surface area (Å²) >= 11 is 7.02. The standard InChI is InChI=1S/C23H19Br2N3O4/c1-12-9-15(24)19(16(25)10-12)28-20(23(30)32-3)18(22(29)31-2)17(14(11-26)21(28)27)13-7-5-4-6-8-13/h4-10,17H,27H2,1-3H3. The van der Waals surface area contributed by atoms with Crippen molar-refractivity contribution in [1.29, 1.82) is 5.26 Å². The Morgan fingerprint density at radius 1 is 1.06 bits per heavy atom. The zero-order valence-electron chi connectivity index (χ0n) is 17.5. The molecule has 32 heavy (non-hydrogen) atoms. The summed E-state index contributed by atoms with van der Waals surface area (Å²) in [5.41, 5.74) is 8.41. The van der Waals surface area contributed by atoms with Crippen LogP contribution in [0.15, 0.2) is 74.1 Å². The van der Waals surface area contributed by atoms with E-state index in [1.807, 2.05) is 19.1 Å². The van der Waals surface area contributed by atoms with E-state index in [1.54, 1.807) is 30.3 Å². The number of esters is 2. The van der Waals surface area contributed by atoms with E-state index < -0.39 is 17.9 Å². The lowest BCUT2D eigenvalue weighted by Gasteiger charge is -2.36. The normalized spacial score (nSPS) is 16.0. The molecule has 0 amide bonds. The molecule has 164 valence electrons. The molecule has 3 rings (SSSR count). The number of allylic oxidation sites excluding steroid dienone is 1. The number of ether oxygens (including phenoxy) is 2. The van der Waals surface area contributed by atoms with Crippen molar-refractivity contribution in [3.63, 3.8) is 0 Å². The number of nitrogens with two attached hydrogens (primary N) is 1. The zero-order valence-corrected chi connectivity index (χ0v) is 20.7. The molecular formula is C23H19Br2N3O4. The smallest absolute Gasteiger partial charge is 0.355 e. The van der Waals surface area contributed by atoms with Gasteiger partial charge in [-0.3, -0.25) is 4.90 Å². The molecule has 1 aliphatic rings. The third-order valence-electron chi connectivity index (χ3n) is 5.00. The van der Waals surface area contributed by atoms with Crippen LogP contribution in [0.1, 0.15) is 17.0 Å². The predicted octanol–water partition coefficient (Wildman–Crippen LogP) is 4.42. The lowest BCUT2D eigenvalue weighted by molar-refractivity contribution is -0.139. The average molecular weight is 561 g/mol. The molecule has 1 heterocycles. The van der Waals surface area contributed by atoms with Crippen molar-refractivity contribution in [3.05, 3.63) is 85.2 Å². The molecular weight excluding hydrogens is 542 g/mol. The number of benzene rings is 2. The molecule has 0 spiro atoms. The third kappa shape index (κ3) is 4.04. The van der Waals surface area contributed by atoms with Gasteiger partial charge in [0, 0.05) is 8.95 Å². The van der Waals surface area contributed by atoms with Gasteiger partial charge in [-0.05, 0) is 62.0 Å². The summed E-state index contributed by atoms with van der Waals surface area (Å²) in [4.78, 5) is 27.5. The van der Waals surface area contributed by atoms with Crippen LogP contribution in [0, 0.1) is 18.3 Å². The van der Waals surface area contributed by atoms with Crippen LogP contribution in [0.25, 0.3) is 0 Å².